The quantitative estimate of drug-likeness (QED) is 0.248. The Labute approximate surface area is 107 Å². The van der Waals surface area contributed by atoms with Crippen LogP contribution in [0.2, 0.25) is 0 Å². The van der Waals surface area contributed by atoms with Crippen LogP contribution in [-0.4, -0.2) is 12.5 Å². The fraction of sp³-hybridized carbons (Fsp3) is 0.583. The number of nitrogens with two attached hydrogens (primary N) is 1. The highest BCUT2D eigenvalue weighted by Crippen LogP contribution is 2.20. The average Bonchev–Trinajstić information content (AvgIpc) is 2.63. The van der Waals surface area contributed by atoms with E-state index in [1.807, 2.05) is 0 Å². The van der Waals surface area contributed by atoms with Gasteiger partial charge < -0.3 is 5.32 Å². The Hall–Kier alpha value is -1.07. The number of hydrogen-bond donors (Lipinski definition) is 3. The standard InChI is InChI=1S/C12H22N4S/c1-4-5-6-14-12(16-13)15-8-11-7-9(2)10(3)17-11/h7H,4-6,8,13H2,1-3H3,(H2,14,15,16). The molecule has 0 spiro atoms. The lowest BCUT2D eigenvalue weighted by molar-refractivity contribution is 0.732. The summed E-state index contributed by atoms with van der Waals surface area (Å²) in [5.41, 5.74) is 3.93. The first kappa shape index (κ1) is 14.0. The van der Waals surface area contributed by atoms with Gasteiger partial charge in [0, 0.05) is 16.3 Å². The normalized spacial score (nSPS) is 11.6. The summed E-state index contributed by atoms with van der Waals surface area (Å²) in [6, 6.07) is 2.18. The number of rotatable bonds is 5. The number of aliphatic imine (C=N–C) groups is 1. The van der Waals surface area contributed by atoms with E-state index in [9.17, 15) is 0 Å². The van der Waals surface area contributed by atoms with Gasteiger partial charge in [-0.15, -0.1) is 11.3 Å². The van der Waals surface area contributed by atoms with Gasteiger partial charge in [0.15, 0.2) is 0 Å². The first-order valence-electron chi connectivity index (χ1n) is 5.98. The fourth-order valence-electron chi connectivity index (χ4n) is 1.42. The molecule has 0 saturated heterocycles. The predicted molar refractivity (Wildman–Crippen MR) is 75.2 cm³/mol. The largest absolute Gasteiger partial charge is 0.355 e. The third-order valence-electron chi connectivity index (χ3n) is 2.57. The zero-order chi connectivity index (χ0) is 12.7. The van der Waals surface area contributed by atoms with Gasteiger partial charge in [-0.25, -0.2) is 10.8 Å². The molecule has 0 aromatic carbocycles. The minimum Gasteiger partial charge on any atom is -0.355 e. The summed E-state index contributed by atoms with van der Waals surface area (Å²) in [6.07, 6.45) is 2.28. The number of guanidine groups is 1. The van der Waals surface area contributed by atoms with E-state index < -0.39 is 0 Å². The second kappa shape index (κ2) is 7.29. The van der Waals surface area contributed by atoms with E-state index in [1.54, 1.807) is 11.3 Å². The summed E-state index contributed by atoms with van der Waals surface area (Å²) in [5, 5.41) is 3.18. The molecule has 0 aliphatic heterocycles. The van der Waals surface area contributed by atoms with Crippen molar-refractivity contribution in [2.24, 2.45) is 10.8 Å². The summed E-state index contributed by atoms with van der Waals surface area (Å²) >= 11 is 1.79. The number of thiophene rings is 1. The third-order valence-corrected chi connectivity index (χ3v) is 3.71. The highest BCUT2D eigenvalue weighted by atomic mass is 32.1. The van der Waals surface area contributed by atoms with Crippen LogP contribution in [0.25, 0.3) is 0 Å². The Balaban J connectivity index is 2.48. The molecule has 4 nitrogen and oxygen atoms in total. The van der Waals surface area contributed by atoms with Crippen LogP contribution < -0.4 is 16.6 Å². The van der Waals surface area contributed by atoms with Crippen molar-refractivity contribution in [2.75, 3.05) is 6.54 Å². The first-order chi connectivity index (χ1) is 8.17. The maximum absolute atomic E-state index is 5.41. The molecule has 4 N–H and O–H groups in total. The minimum absolute atomic E-state index is 0.669. The summed E-state index contributed by atoms with van der Waals surface area (Å²) in [4.78, 5) is 7.04. The van der Waals surface area contributed by atoms with E-state index >= 15 is 0 Å². The van der Waals surface area contributed by atoms with E-state index in [4.69, 9.17) is 5.84 Å². The second-order valence-corrected chi connectivity index (χ2v) is 5.38. The van der Waals surface area contributed by atoms with Crippen LogP contribution in [0.15, 0.2) is 11.1 Å². The number of hydrogen-bond acceptors (Lipinski definition) is 3. The van der Waals surface area contributed by atoms with Crippen LogP contribution in [0.1, 0.15) is 35.1 Å². The maximum atomic E-state index is 5.41. The van der Waals surface area contributed by atoms with E-state index in [0.29, 0.717) is 12.5 Å². The molecule has 0 aliphatic rings. The number of hydrazine groups is 1. The van der Waals surface area contributed by atoms with Gasteiger partial charge in [-0.2, -0.15) is 0 Å². The lowest BCUT2D eigenvalue weighted by Crippen LogP contribution is -2.41. The number of nitrogens with one attached hydrogen (secondary N) is 2. The van der Waals surface area contributed by atoms with Crippen LogP contribution in [0.3, 0.4) is 0 Å². The Morgan fingerprint density at radius 1 is 1.47 bits per heavy atom. The Morgan fingerprint density at radius 3 is 2.76 bits per heavy atom. The van der Waals surface area contributed by atoms with Gasteiger partial charge in [-0.1, -0.05) is 13.3 Å². The number of nitrogens with zero attached hydrogens (tertiary/aromatic N) is 1. The lowest BCUT2D eigenvalue weighted by atomic mass is 10.3. The maximum Gasteiger partial charge on any atom is 0.206 e. The molecule has 0 unspecified atom stereocenters. The summed E-state index contributed by atoms with van der Waals surface area (Å²) in [6.45, 7) is 8.00. The second-order valence-electron chi connectivity index (χ2n) is 4.04. The molecule has 0 atom stereocenters. The minimum atomic E-state index is 0.669. The molecule has 5 heteroatoms. The molecule has 1 heterocycles. The first-order valence-corrected chi connectivity index (χ1v) is 6.79. The van der Waals surface area contributed by atoms with Crippen molar-refractivity contribution in [1.29, 1.82) is 0 Å². The van der Waals surface area contributed by atoms with Crippen molar-refractivity contribution in [3.05, 3.63) is 21.4 Å². The molecule has 0 bridgehead atoms. The van der Waals surface area contributed by atoms with Gasteiger partial charge in [-0.3, -0.25) is 5.43 Å². The summed E-state index contributed by atoms with van der Waals surface area (Å²) < 4.78 is 0. The summed E-state index contributed by atoms with van der Waals surface area (Å²) in [5.74, 6) is 6.08. The SMILES string of the molecule is CCCCNC(=NCc1cc(C)c(C)s1)NN. The lowest BCUT2D eigenvalue weighted by Gasteiger charge is -2.07. The monoisotopic (exact) mass is 254 g/mol. The smallest absolute Gasteiger partial charge is 0.206 e. The fourth-order valence-corrected chi connectivity index (χ4v) is 2.40. The van der Waals surface area contributed by atoms with E-state index in [-0.39, 0.29) is 0 Å². The zero-order valence-electron chi connectivity index (χ0n) is 10.8. The van der Waals surface area contributed by atoms with Gasteiger partial charge in [0.05, 0.1) is 6.54 Å². The van der Waals surface area contributed by atoms with Crippen molar-refractivity contribution >= 4 is 17.3 Å². The van der Waals surface area contributed by atoms with Crippen LogP contribution in [0.5, 0.6) is 0 Å². The molecule has 1 rings (SSSR count). The van der Waals surface area contributed by atoms with Crippen LogP contribution in [-0.2, 0) is 6.54 Å². The molecule has 17 heavy (non-hydrogen) atoms. The molecule has 0 aliphatic carbocycles. The van der Waals surface area contributed by atoms with E-state index in [0.717, 1.165) is 19.4 Å². The van der Waals surface area contributed by atoms with Gasteiger partial charge in [0.25, 0.3) is 0 Å². The van der Waals surface area contributed by atoms with Crippen LogP contribution >= 0.6 is 11.3 Å². The Bertz CT molecular complexity index is 351. The van der Waals surface area contributed by atoms with Crippen molar-refractivity contribution in [3.63, 3.8) is 0 Å². The van der Waals surface area contributed by atoms with Crippen molar-refractivity contribution in [3.8, 4) is 0 Å². The molecular weight excluding hydrogens is 232 g/mol. The van der Waals surface area contributed by atoms with Gasteiger partial charge in [0.2, 0.25) is 5.96 Å². The van der Waals surface area contributed by atoms with Gasteiger partial charge in [0.1, 0.15) is 0 Å². The molecule has 0 amide bonds. The highest BCUT2D eigenvalue weighted by Gasteiger charge is 2.01. The van der Waals surface area contributed by atoms with Crippen molar-refractivity contribution in [2.45, 2.75) is 40.2 Å². The predicted octanol–water partition coefficient (Wildman–Crippen LogP) is 2.07. The number of unbranched alkanes of at least 4 members (excludes halogenated alkanes) is 1. The molecular formula is C12H22N4S. The molecule has 0 fully saturated rings. The molecule has 1 aromatic heterocycles. The topological polar surface area (TPSA) is 62.4 Å². The van der Waals surface area contributed by atoms with Crippen molar-refractivity contribution < 1.29 is 0 Å². The Morgan fingerprint density at radius 2 is 2.24 bits per heavy atom. The van der Waals surface area contributed by atoms with E-state index in [2.05, 4.69) is 42.6 Å². The highest BCUT2D eigenvalue weighted by molar-refractivity contribution is 7.12. The molecule has 1 aromatic rings. The third kappa shape index (κ3) is 4.75. The van der Waals surface area contributed by atoms with Crippen LogP contribution in [0, 0.1) is 13.8 Å². The summed E-state index contributed by atoms with van der Waals surface area (Å²) in [7, 11) is 0. The van der Waals surface area contributed by atoms with Crippen molar-refractivity contribution in [1.82, 2.24) is 10.7 Å². The molecule has 0 saturated carbocycles. The van der Waals surface area contributed by atoms with Gasteiger partial charge in [-0.05, 0) is 31.9 Å². The van der Waals surface area contributed by atoms with Crippen LogP contribution in [0.4, 0.5) is 0 Å². The molecule has 0 radical (unpaired) electrons. The number of aryl methyl sites for hydroxylation is 2. The van der Waals surface area contributed by atoms with Gasteiger partial charge >= 0.3 is 0 Å². The average molecular weight is 254 g/mol. The van der Waals surface area contributed by atoms with E-state index in [1.165, 1.54) is 15.3 Å². The zero-order valence-corrected chi connectivity index (χ0v) is 11.7. The molecule has 96 valence electrons. The Kier molecular flexibility index (Phi) is 6.00.